The number of nitrogens with one attached hydrogen (secondary N) is 2. The lowest BCUT2D eigenvalue weighted by molar-refractivity contribution is -0.132. The highest BCUT2D eigenvalue weighted by atomic mass is 16.5. The molecule has 0 aromatic heterocycles. The molecular formula is C24H40N2O3. The van der Waals surface area contributed by atoms with Gasteiger partial charge in [0.2, 0.25) is 5.91 Å². The normalized spacial score (nSPS) is 12.6. The zero-order valence-corrected chi connectivity index (χ0v) is 19.5. The van der Waals surface area contributed by atoms with Gasteiger partial charge in [-0.1, -0.05) is 71.9 Å². The van der Waals surface area contributed by atoms with Crippen molar-refractivity contribution in [2.75, 3.05) is 6.54 Å². The van der Waals surface area contributed by atoms with Crippen molar-refractivity contribution in [3.63, 3.8) is 0 Å². The molecule has 1 rings (SSSR count). The van der Waals surface area contributed by atoms with Crippen molar-refractivity contribution in [1.29, 1.82) is 0 Å². The molecule has 0 fully saturated rings. The van der Waals surface area contributed by atoms with Crippen molar-refractivity contribution in [2.45, 2.75) is 80.4 Å². The molecule has 1 aromatic rings. The van der Waals surface area contributed by atoms with Crippen molar-refractivity contribution >= 4 is 12.0 Å². The Kier molecular flexibility index (Phi) is 8.73. The average Bonchev–Trinajstić information content (AvgIpc) is 2.56. The van der Waals surface area contributed by atoms with Gasteiger partial charge >= 0.3 is 6.09 Å². The summed E-state index contributed by atoms with van der Waals surface area (Å²) in [7, 11) is 0. The first kappa shape index (κ1) is 25.0. The summed E-state index contributed by atoms with van der Waals surface area (Å²) in [6.45, 7) is 17.2. The number of hydrogen-bond acceptors (Lipinski definition) is 3. The first-order valence-corrected chi connectivity index (χ1v) is 10.5. The molecule has 0 saturated heterocycles. The smallest absolute Gasteiger partial charge is 0.407 e. The van der Waals surface area contributed by atoms with E-state index in [-0.39, 0.29) is 23.5 Å². The van der Waals surface area contributed by atoms with E-state index in [1.807, 2.05) is 58.0 Å². The average molecular weight is 405 g/mol. The maximum Gasteiger partial charge on any atom is 0.407 e. The fourth-order valence-electron chi connectivity index (χ4n) is 3.98. The van der Waals surface area contributed by atoms with Crippen LogP contribution < -0.4 is 10.6 Å². The summed E-state index contributed by atoms with van der Waals surface area (Å²) in [4.78, 5) is 24.8. The Morgan fingerprint density at radius 3 is 2.14 bits per heavy atom. The predicted octanol–water partition coefficient (Wildman–Crippen LogP) is 5.30. The Morgan fingerprint density at radius 2 is 1.59 bits per heavy atom. The monoisotopic (exact) mass is 404 g/mol. The maximum absolute atomic E-state index is 12.8. The highest BCUT2D eigenvalue weighted by Gasteiger charge is 2.35. The third-order valence-electron chi connectivity index (χ3n) is 4.83. The lowest BCUT2D eigenvalue weighted by Gasteiger charge is -2.38. The van der Waals surface area contributed by atoms with Gasteiger partial charge in [0.15, 0.2) is 0 Å². The van der Waals surface area contributed by atoms with Crippen LogP contribution in [0.2, 0.25) is 0 Å². The lowest BCUT2D eigenvalue weighted by Crippen LogP contribution is -2.52. The van der Waals surface area contributed by atoms with Gasteiger partial charge in [-0.25, -0.2) is 4.79 Å². The van der Waals surface area contributed by atoms with E-state index in [4.69, 9.17) is 4.74 Å². The van der Waals surface area contributed by atoms with E-state index in [0.29, 0.717) is 12.5 Å². The standard InChI is InChI=1S/C24H40N2O3/c1-18(2)14-23(5,6)20(27)26-24(7,8)16-22(3,4)17-25-21(28)29-15-19-12-10-9-11-13-19/h9-13,18H,14-17H2,1-8H3,(H,25,28)(H,26,27). The van der Waals surface area contributed by atoms with E-state index >= 15 is 0 Å². The van der Waals surface area contributed by atoms with Gasteiger partial charge in [0, 0.05) is 17.5 Å². The zero-order valence-electron chi connectivity index (χ0n) is 19.5. The molecular weight excluding hydrogens is 364 g/mol. The molecule has 0 heterocycles. The van der Waals surface area contributed by atoms with Crippen LogP contribution in [0.5, 0.6) is 0 Å². The third-order valence-corrected chi connectivity index (χ3v) is 4.83. The van der Waals surface area contributed by atoms with Gasteiger partial charge in [0.1, 0.15) is 6.61 Å². The molecule has 29 heavy (non-hydrogen) atoms. The molecule has 0 unspecified atom stereocenters. The first-order chi connectivity index (χ1) is 13.2. The van der Waals surface area contributed by atoms with Crippen molar-refractivity contribution in [3.8, 4) is 0 Å². The van der Waals surface area contributed by atoms with Gasteiger partial charge in [-0.3, -0.25) is 4.79 Å². The Labute approximate surface area is 177 Å². The molecule has 2 amide bonds. The molecule has 0 atom stereocenters. The minimum Gasteiger partial charge on any atom is -0.445 e. The quantitative estimate of drug-likeness (QED) is 0.556. The molecule has 0 spiro atoms. The van der Waals surface area contributed by atoms with Crippen molar-refractivity contribution in [2.24, 2.45) is 16.7 Å². The maximum atomic E-state index is 12.8. The highest BCUT2D eigenvalue weighted by Crippen LogP contribution is 2.30. The summed E-state index contributed by atoms with van der Waals surface area (Å²) in [5.74, 6) is 0.531. The zero-order chi connectivity index (χ0) is 22.3. The van der Waals surface area contributed by atoms with Crippen molar-refractivity contribution in [1.82, 2.24) is 10.6 Å². The van der Waals surface area contributed by atoms with Crippen LogP contribution in [-0.2, 0) is 16.1 Å². The van der Waals surface area contributed by atoms with Crippen LogP contribution in [0, 0.1) is 16.7 Å². The van der Waals surface area contributed by atoms with E-state index in [2.05, 4.69) is 38.3 Å². The summed E-state index contributed by atoms with van der Waals surface area (Å²) in [6.07, 6.45) is 1.14. The lowest BCUT2D eigenvalue weighted by atomic mass is 9.78. The molecule has 0 bridgehead atoms. The van der Waals surface area contributed by atoms with Crippen LogP contribution in [-0.4, -0.2) is 24.1 Å². The Balaban J connectivity index is 2.52. The van der Waals surface area contributed by atoms with Gasteiger partial charge in [-0.05, 0) is 43.6 Å². The van der Waals surface area contributed by atoms with Gasteiger partial charge in [-0.2, -0.15) is 0 Å². The number of rotatable bonds is 10. The number of ether oxygens (including phenoxy) is 1. The Hall–Kier alpha value is -2.04. The number of hydrogen-bond donors (Lipinski definition) is 2. The second-order valence-corrected chi connectivity index (χ2v) is 10.6. The van der Waals surface area contributed by atoms with E-state index < -0.39 is 11.5 Å². The molecule has 0 aliphatic rings. The van der Waals surface area contributed by atoms with Crippen LogP contribution >= 0.6 is 0 Å². The summed E-state index contributed by atoms with van der Waals surface area (Å²) >= 11 is 0. The summed E-state index contributed by atoms with van der Waals surface area (Å²) < 4.78 is 5.28. The van der Waals surface area contributed by atoms with Crippen molar-refractivity contribution < 1.29 is 14.3 Å². The van der Waals surface area contributed by atoms with Gasteiger partial charge in [0.05, 0.1) is 0 Å². The molecule has 0 radical (unpaired) electrons. The third kappa shape index (κ3) is 9.82. The minimum atomic E-state index is -0.429. The second-order valence-electron chi connectivity index (χ2n) is 10.6. The topological polar surface area (TPSA) is 67.4 Å². The summed E-state index contributed by atoms with van der Waals surface area (Å²) in [5.41, 5.74) is -0.0423. The predicted molar refractivity (Wildman–Crippen MR) is 118 cm³/mol. The SMILES string of the molecule is CC(C)CC(C)(C)C(=O)NC(C)(C)CC(C)(C)CNC(=O)OCc1ccccc1. The molecule has 1 aromatic carbocycles. The fourth-order valence-corrected chi connectivity index (χ4v) is 3.98. The number of carbonyl (C=O) groups excluding carboxylic acids is 2. The molecule has 5 nitrogen and oxygen atoms in total. The van der Waals surface area contributed by atoms with Crippen LogP contribution in [0.25, 0.3) is 0 Å². The van der Waals surface area contributed by atoms with Crippen LogP contribution in [0.15, 0.2) is 30.3 Å². The Morgan fingerprint density at radius 1 is 1.00 bits per heavy atom. The van der Waals surface area contributed by atoms with E-state index in [0.717, 1.165) is 18.4 Å². The number of benzene rings is 1. The molecule has 0 aliphatic carbocycles. The Bertz CT molecular complexity index is 664. The molecule has 0 saturated carbocycles. The fraction of sp³-hybridized carbons (Fsp3) is 0.667. The minimum absolute atomic E-state index is 0.0715. The van der Waals surface area contributed by atoms with Crippen LogP contribution in [0.1, 0.15) is 73.8 Å². The van der Waals surface area contributed by atoms with Gasteiger partial charge in [0.25, 0.3) is 0 Å². The summed E-state index contributed by atoms with van der Waals surface area (Å²) in [5, 5.41) is 6.06. The molecule has 5 heteroatoms. The molecule has 164 valence electrons. The van der Waals surface area contributed by atoms with Crippen molar-refractivity contribution in [3.05, 3.63) is 35.9 Å². The van der Waals surface area contributed by atoms with Gasteiger partial charge < -0.3 is 15.4 Å². The highest BCUT2D eigenvalue weighted by molar-refractivity contribution is 5.82. The second kappa shape index (κ2) is 10.1. The molecule has 0 aliphatic heterocycles. The number of carbonyl (C=O) groups is 2. The van der Waals surface area contributed by atoms with E-state index in [1.165, 1.54) is 0 Å². The largest absolute Gasteiger partial charge is 0.445 e. The summed E-state index contributed by atoms with van der Waals surface area (Å²) in [6, 6.07) is 9.60. The van der Waals surface area contributed by atoms with Crippen LogP contribution in [0.4, 0.5) is 4.79 Å². The number of alkyl carbamates (subject to hydrolysis) is 1. The van der Waals surface area contributed by atoms with Gasteiger partial charge in [-0.15, -0.1) is 0 Å². The van der Waals surface area contributed by atoms with Crippen LogP contribution in [0.3, 0.4) is 0 Å². The molecule has 2 N–H and O–H groups in total. The first-order valence-electron chi connectivity index (χ1n) is 10.5. The number of amides is 2. The van der Waals surface area contributed by atoms with E-state index in [9.17, 15) is 9.59 Å². The van der Waals surface area contributed by atoms with E-state index in [1.54, 1.807) is 0 Å².